The van der Waals surface area contributed by atoms with Crippen molar-refractivity contribution in [2.75, 3.05) is 46.4 Å². The minimum atomic E-state index is -3.64. The molecule has 2 saturated heterocycles. The Balaban J connectivity index is 1.42. The van der Waals surface area contributed by atoms with Crippen molar-refractivity contribution < 1.29 is 17.9 Å². The maximum absolute atomic E-state index is 13.1. The summed E-state index contributed by atoms with van der Waals surface area (Å²) in [4.78, 5) is 17.1. The zero-order valence-corrected chi connectivity index (χ0v) is 18.3. The maximum atomic E-state index is 13.1. The van der Waals surface area contributed by atoms with Gasteiger partial charge in [-0.15, -0.1) is 0 Å². The van der Waals surface area contributed by atoms with Crippen LogP contribution in [0, 0.1) is 5.92 Å². The molecule has 29 heavy (non-hydrogen) atoms. The molecule has 0 bridgehead atoms. The maximum Gasteiger partial charge on any atom is 0.243 e. The fourth-order valence-corrected chi connectivity index (χ4v) is 6.10. The Bertz CT molecular complexity index is 874. The van der Waals surface area contributed by atoms with Crippen LogP contribution in [0.1, 0.15) is 25.7 Å². The van der Waals surface area contributed by atoms with Crippen molar-refractivity contribution in [2.45, 2.75) is 36.6 Å². The molecular weight excluding hydrogens is 414 g/mol. The van der Waals surface area contributed by atoms with Crippen LogP contribution in [-0.2, 0) is 14.8 Å². The van der Waals surface area contributed by atoms with Gasteiger partial charge in [0.25, 0.3) is 0 Å². The number of nitrogens with zero attached hydrogens (tertiary/aromatic N) is 3. The van der Waals surface area contributed by atoms with Gasteiger partial charge in [-0.3, -0.25) is 9.69 Å². The minimum Gasteiger partial charge on any atom is -0.495 e. The average molecular weight is 442 g/mol. The van der Waals surface area contributed by atoms with Crippen molar-refractivity contribution in [1.82, 2.24) is 14.1 Å². The molecule has 3 aliphatic rings. The first kappa shape index (κ1) is 20.9. The van der Waals surface area contributed by atoms with E-state index in [2.05, 4.69) is 4.90 Å². The molecule has 1 amide bonds. The molecule has 1 aromatic rings. The largest absolute Gasteiger partial charge is 0.495 e. The molecular formula is C20H28ClN3O4S. The van der Waals surface area contributed by atoms with E-state index in [0.29, 0.717) is 37.7 Å². The molecule has 1 aliphatic carbocycles. The molecule has 0 aromatic heterocycles. The number of ether oxygens (including phenoxy) is 1. The smallest absolute Gasteiger partial charge is 0.243 e. The second-order valence-electron chi connectivity index (χ2n) is 8.12. The molecule has 4 rings (SSSR count). The monoisotopic (exact) mass is 441 g/mol. The van der Waals surface area contributed by atoms with Crippen molar-refractivity contribution in [3.8, 4) is 5.75 Å². The highest BCUT2D eigenvalue weighted by Crippen LogP contribution is 2.32. The first-order chi connectivity index (χ1) is 13.9. The van der Waals surface area contributed by atoms with Gasteiger partial charge < -0.3 is 9.64 Å². The van der Waals surface area contributed by atoms with E-state index >= 15 is 0 Å². The van der Waals surface area contributed by atoms with E-state index in [9.17, 15) is 13.2 Å². The topological polar surface area (TPSA) is 70.2 Å². The van der Waals surface area contributed by atoms with Crippen LogP contribution >= 0.6 is 11.6 Å². The Hall–Kier alpha value is -1.35. The highest BCUT2D eigenvalue weighted by Gasteiger charge is 2.39. The van der Waals surface area contributed by atoms with Gasteiger partial charge in [-0.25, -0.2) is 8.42 Å². The van der Waals surface area contributed by atoms with Gasteiger partial charge in [0.05, 0.1) is 23.1 Å². The minimum absolute atomic E-state index is 0.105. The SMILES string of the molecule is COc1ccc(S(=O)(=O)N2CCCN([C@@H]3CCN(CC4CC4)C3=O)CC2)cc1Cl. The van der Waals surface area contributed by atoms with Crippen molar-refractivity contribution in [2.24, 2.45) is 5.92 Å². The first-order valence-electron chi connectivity index (χ1n) is 10.3. The number of likely N-dealkylation sites (tertiary alicyclic amines) is 1. The van der Waals surface area contributed by atoms with Crippen molar-refractivity contribution in [1.29, 1.82) is 0 Å². The third-order valence-electron chi connectivity index (χ3n) is 6.14. The molecule has 3 fully saturated rings. The number of halogens is 1. The molecule has 7 nitrogen and oxygen atoms in total. The van der Waals surface area contributed by atoms with Crippen LogP contribution in [-0.4, -0.2) is 80.9 Å². The summed E-state index contributed by atoms with van der Waals surface area (Å²) in [5.41, 5.74) is 0. The highest BCUT2D eigenvalue weighted by molar-refractivity contribution is 7.89. The number of carbonyl (C=O) groups is 1. The normalized spacial score (nSPS) is 24.7. The van der Waals surface area contributed by atoms with Crippen LogP contribution in [0.3, 0.4) is 0 Å². The lowest BCUT2D eigenvalue weighted by Gasteiger charge is -2.26. The number of amides is 1. The zero-order chi connectivity index (χ0) is 20.6. The quantitative estimate of drug-likeness (QED) is 0.675. The molecule has 9 heteroatoms. The number of hydrogen-bond acceptors (Lipinski definition) is 5. The van der Waals surface area contributed by atoms with Crippen LogP contribution in [0.5, 0.6) is 5.75 Å². The first-order valence-corrected chi connectivity index (χ1v) is 12.1. The summed E-state index contributed by atoms with van der Waals surface area (Å²) >= 11 is 6.13. The fraction of sp³-hybridized carbons (Fsp3) is 0.650. The van der Waals surface area contributed by atoms with Gasteiger partial charge in [-0.05, 0) is 49.8 Å². The summed E-state index contributed by atoms with van der Waals surface area (Å²) in [6, 6.07) is 4.44. The van der Waals surface area contributed by atoms with E-state index in [1.165, 1.54) is 36.4 Å². The molecule has 1 saturated carbocycles. The number of rotatable bonds is 6. The van der Waals surface area contributed by atoms with Crippen LogP contribution in [0.4, 0.5) is 0 Å². The Labute approximate surface area is 177 Å². The van der Waals surface area contributed by atoms with Crippen LogP contribution in [0.2, 0.25) is 5.02 Å². The van der Waals surface area contributed by atoms with Gasteiger partial charge in [0.1, 0.15) is 5.75 Å². The summed E-state index contributed by atoms with van der Waals surface area (Å²) < 4.78 is 32.8. The molecule has 0 radical (unpaired) electrons. The van der Waals surface area contributed by atoms with Crippen LogP contribution < -0.4 is 4.74 Å². The van der Waals surface area contributed by atoms with Gasteiger partial charge in [0, 0.05) is 39.3 Å². The van der Waals surface area contributed by atoms with Crippen molar-refractivity contribution >= 4 is 27.5 Å². The molecule has 0 N–H and O–H groups in total. The molecule has 2 heterocycles. The average Bonchev–Trinajstić information content (AvgIpc) is 3.48. The van der Waals surface area contributed by atoms with Crippen molar-refractivity contribution in [3.63, 3.8) is 0 Å². The van der Waals surface area contributed by atoms with Gasteiger partial charge in [-0.1, -0.05) is 11.6 Å². The Morgan fingerprint density at radius 1 is 1.10 bits per heavy atom. The number of carbonyl (C=O) groups excluding carboxylic acids is 1. The number of hydrogen-bond donors (Lipinski definition) is 0. The van der Waals surface area contributed by atoms with Gasteiger partial charge >= 0.3 is 0 Å². The predicted octanol–water partition coefficient (Wildman–Crippen LogP) is 2.06. The fourth-order valence-electron chi connectivity index (χ4n) is 4.28. The summed E-state index contributed by atoms with van der Waals surface area (Å²) in [5, 5.41) is 0.275. The molecule has 160 valence electrons. The third-order valence-corrected chi connectivity index (χ3v) is 8.33. The van der Waals surface area contributed by atoms with Crippen LogP contribution in [0.25, 0.3) is 0 Å². The summed E-state index contributed by atoms with van der Waals surface area (Å²) in [5.74, 6) is 1.36. The molecule has 1 aromatic carbocycles. The van der Waals surface area contributed by atoms with E-state index in [-0.39, 0.29) is 21.9 Å². The standard InChI is InChI=1S/C20H28ClN3O4S/c1-28-19-6-5-16(13-17(19)21)29(26,27)24-9-2-8-22(11-12-24)18-7-10-23(20(18)25)14-15-3-4-15/h5-6,13,15,18H,2-4,7-12,14H2,1H3/t18-/m1/s1. The van der Waals surface area contributed by atoms with E-state index in [0.717, 1.165) is 26.1 Å². The number of benzene rings is 1. The molecule has 1 atom stereocenters. The summed E-state index contributed by atoms with van der Waals surface area (Å²) in [6.45, 7) is 3.83. The Morgan fingerprint density at radius 3 is 2.59 bits per heavy atom. The third kappa shape index (κ3) is 4.40. The van der Waals surface area contributed by atoms with Gasteiger partial charge in [-0.2, -0.15) is 4.31 Å². The summed E-state index contributed by atoms with van der Waals surface area (Å²) in [6.07, 6.45) is 4.02. The highest BCUT2D eigenvalue weighted by atomic mass is 35.5. The summed E-state index contributed by atoms with van der Waals surface area (Å²) in [7, 11) is -2.15. The predicted molar refractivity (Wildman–Crippen MR) is 111 cm³/mol. The van der Waals surface area contributed by atoms with Gasteiger partial charge in [0.15, 0.2) is 0 Å². The molecule has 0 unspecified atom stereocenters. The second-order valence-corrected chi connectivity index (χ2v) is 10.5. The van der Waals surface area contributed by atoms with Gasteiger partial charge in [0.2, 0.25) is 15.9 Å². The Morgan fingerprint density at radius 2 is 1.90 bits per heavy atom. The van der Waals surface area contributed by atoms with Crippen molar-refractivity contribution in [3.05, 3.63) is 23.2 Å². The zero-order valence-electron chi connectivity index (χ0n) is 16.7. The van der Waals surface area contributed by atoms with E-state index < -0.39 is 10.0 Å². The Kier molecular flexibility index (Phi) is 6.06. The lowest BCUT2D eigenvalue weighted by Crippen LogP contribution is -2.44. The van der Waals surface area contributed by atoms with E-state index in [1.54, 1.807) is 6.07 Å². The second kappa shape index (κ2) is 8.41. The molecule has 2 aliphatic heterocycles. The number of methoxy groups -OCH3 is 1. The molecule has 0 spiro atoms. The van der Waals surface area contributed by atoms with E-state index in [4.69, 9.17) is 16.3 Å². The van der Waals surface area contributed by atoms with E-state index in [1.807, 2.05) is 4.90 Å². The lowest BCUT2D eigenvalue weighted by molar-refractivity contribution is -0.132. The van der Waals surface area contributed by atoms with Crippen LogP contribution in [0.15, 0.2) is 23.1 Å². The number of sulfonamides is 1. The lowest BCUT2D eigenvalue weighted by atomic mass is 10.2.